The van der Waals surface area contributed by atoms with Crippen LogP contribution < -0.4 is 10.6 Å². The quantitative estimate of drug-likeness (QED) is 0.406. The summed E-state index contributed by atoms with van der Waals surface area (Å²) in [6.45, 7) is 6.03. The Morgan fingerprint density at radius 1 is 0.920 bits per heavy atom. The Hall–Kier alpha value is -1.65. The summed E-state index contributed by atoms with van der Waals surface area (Å²) in [6.07, 6.45) is 11.8. The van der Waals surface area contributed by atoms with Crippen LogP contribution in [-0.4, -0.2) is 23.9 Å². The maximum atomic E-state index is 13.7. The largest absolute Gasteiger partial charge is 0.347 e. The summed E-state index contributed by atoms with van der Waals surface area (Å²) >= 11 is 0. The van der Waals surface area contributed by atoms with Crippen molar-refractivity contribution >= 4 is 11.8 Å². The second-order valence-corrected chi connectivity index (χ2v) is 6.83. The van der Waals surface area contributed by atoms with Gasteiger partial charge >= 0.3 is 0 Å². The lowest BCUT2D eigenvalue weighted by Crippen LogP contribution is -2.35. The van der Waals surface area contributed by atoms with Gasteiger partial charge in [0.1, 0.15) is 0 Å². The molecule has 0 aromatic carbocycles. The molecule has 2 N–H and O–H groups in total. The van der Waals surface area contributed by atoms with Crippen molar-refractivity contribution in [2.24, 2.45) is 0 Å². The zero-order chi connectivity index (χ0) is 18.7. The summed E-state index contributed by atoms with van der Waals surface area (Å²) in [4.78, 5) is 23.8. The van der Waals surface area contributed by atoms with Crippen molar-refractivity contribution in [3.05, 3.63) is 23.6 Å². The molecule has 2 amide bonds. The molecule has 25 heavy (non-hydrogen) atoms. The Bertz CT molecular complexity index is 500. The molecule has 1 fully saturated rings. The number of allylic oxidation sites excluding steroid dienone is 2. The number of unbranched alkanes of at least 4 members (excludes halogenated alkanes) is 6. The molecule has 0 radical (unpaired) electrons. The molecule has 4 nitrogen and oxygen atoms in total. The minimum atomic E-state index is -0.718. The van der Waals surface area contributed by atoms with E-state index >= 15 is 0 Å². The van der Waals surface area contributed by atoms with Crippen LogP contribution in [0.15, 0.2) is 23.6 Å². The van der Waals surface area contributed by atoms with Crippen LogP contribution >= 0.6 is 0 Å². The highest BCUT2D eigenvalue weighted by Crippen LogP contribution is 2.22. The van der Waals surface area contributed by atoms with Crippen LogP contribution in [0.2, 0.25) is 0 Å². The summed E-state index contributed by atoms with van der Waals surface area (Å²) in [5.41, 5.74) is 0.698. The molecule has 0 heterocycles. The van der Waals surface area contributed by atoms with E-state index in [2.05, 4.69) is 24.5 Å². The SMILES string of the molecule is CCCC/C=C(\C)C(=O)N[C@@H]1C[C@@H]1NC(=O)/C(F)=C\CCCCCC. The molecule has 5 heteroatoms. The average molecular weight is 352 g/mol. The topological polar surface area (TPSA) is 58.2 Å². The van der Waals surface area contributed by atoms with E-state index in [0.717, 1.165) is 44.9 Å². The lowest BCUT2D eigenvalue weighted by molar-refractivity contribution is -0.120. The number of nitrogens with one attached hydrogen (secondary N) is 2. The molecule has 2 atom stereocenters. The van der Waals surface area contributed by atoms with Gasteiger partial charge in [0, 0.05) is 5.57 Å². The predicted molar refractivity (Wildman–Crippen MR) is 99.7 cm³/mol. The Labute approximate surface area is 151 Å². The maximum absolute atomic E-state index is 13.7. The molecule has 142 valence electrons. The van der Waals surface area contributed by atoms with E-state index in [-0.39, 0.29) is 18.0 Å². The normalized spacial score (nSPS) is 20.3. The third kappa shape index (κ3) is 8.84. The van der Waals surface area contributed by atoms with Gasteiger partial charge in [-0.15, -0.1) is 0 Å². The molecule has 1 aliphatic rings. The van der Waals surface area contributed by atoms with Crippen molar-refractivity contribution in [2.45, 2.75) is 90.6 Å². The van der Waals surface area contributed by atoms with Crippen molar-refractivity contribution in [3.63, 3.8) is 0 Å². The highest BCUT2D eigenvalue weighted by Gasteiger charge is 2.40. The van der Waals surface area contributed by atoms with Gasteiger partial charge in [0.25, 0.3) is 5.91 Å². The first-order valence-electron chi connectivity index (χ1n) is 9.63. The van der Waals surface area contributed by atoms with Crippen molar-refractivity contribution < 1.29 is 14.0 Å². The van der Waals surface area contributed by atoms with Crippen molar-refractivity contribution in [1.29, 1.82) is 0 Å². The molecular weight excluding hydrogens is 319 g/mol. The van der Waals surface area contributed by atoms with Gasteiger partial charge in [-0.25, -0.2) is 4.39 Å². The maximum Gasteiger partial charge on any atom is 0.279 e. The van der Waals surface area contributed by atoms with Crippen LogP contribution in [0.1, 0.15) is 78.6 Å². The first-order chi connectivity index (χ1) is 12.0. The Morgan fingerprint density at radius 3 is 2.16 bits per heavy atom. The van der Waals surface area contributed by atoms with Crippen molar-refractivity contribution in [1.82, 2.24) is 10.6 Å². The van der Waals surface area contributed by atoms with Crippen molar-refractivity contribution in [2.75, 3.05) is 0 Å². The molecule has 0 aromatic rings. The van der Waals surface area contributed by atoms with E-state index in [1.165, 1.54) is 6.08 Å². The first-order valence-corrected chi connectivity index (χ1v) is 9.63. The van der Waals surface area contributed by atoms with Gasteiger partial charge in [-0.1, -0.05) is 52.0 Å². The molecule has 0 aromatic heterocycles. The fraction of sp³-hybridized carbons (Fsp3) is 0.700. The zero-order valence-electron chi connectivity index (χ0n) is 15.9. The smallest absolute Gasteiger partial charge is 0.279 e. The van der Waals surface area contributed by atoms with E-state index in [1.807, 2.05) is 6.08 Å². The number of hydrogen-bond donors (Lipinski definition) is 2. The number of carbonyl (C=O) groups is 2. The number of halogens is 1. The van der Waals surface area contributed by atoms with Gasteiger partial charge in [0.2, 0.25) is 5.91 Å². The van der Waals surface area contributed by atoms with Crippen LogP contribution in [0.25, 0.3) is 0 Å². The molecular formula is C20H33FN2O2. The first kappa shape index (κ1) is 21.4. The molecule has 1 rings (SSSR count). The Kier molecular flexibility index (Phi) is 10.1. The summed E-state index contributed by atoms with van der Waals surface area (Å²) in [7, 11) is 0. The lowest BCUT2D eigenvalue weighted by Gasteiger charge is -2.06. The van der Waals surface area contributed by atoms with Crippen LogP contribution in [0.5, 0.6) is 0 Å². The minimum absolute atomic E-state index is 0.0941. The molecule has 0 aliphatic heterocycles. The fourth-order valence-electron chi connectivity index (χ4n) is 2.54. The van der Waals surface area contributed by atoms with E-state index in [0.29, 0.717) is 18.4 Å². The van der Waals surface area contributed by atoms with E-state index in [9.17, 15) is 14.0 Å². The van der Waals surface area contributed by atoms with Crippen LogP contribution in [0.3, 0.4) is 0 Å². The number of hydrogen-bond acceptors (Lipinski definition) is 2. The third-order valence-corrected chi connectivity index (χ3v) is 4.39. The minimum Gasteiger partial charge on any atom is -0.347 e. The summed E-state index contributed by atoms with van der Waals surface area (Å²) in [5.74, 6) is -1.50. The van der Waals surface area contributed by atoms with Gasteiger partial charge in [0.05, 0.1) is 12.1 Å². The van der Waals surface area contributed by atoms with E-state index in [1.54, 1.807) is 6.92 Å². The summed E-state index contributed by atoms with van der Waals surface area (Å²) < 4.78 is 13.7. The van der Waals surface area contributed by atoms with Gasteiger partial charge in [-0.3, -0.25) is 9.59 Å². The number of amides is 2. The second-order valence-electron chi connectivity index (χ2n) is 6.83. The zero-order valence-corrected chi connectivity index (χ0v) is 15.9. The number of carbonyl (C=O) groups excluding carboxylic acids is 2. The third-order valence-electron chi connectivity index (χ3n) is 4.39. The summed E-state index contributed by atoms with van der Waals surface area (Å²) in [6, 6.07) is -0.262. The van der Waals surface area contributed by atoms with Gasteiger partial charge in [-0.2, -0.15) is 0 Å². The molecule has 1 saturated carbocycles. The second kappa shape index (κ2) is 11.8. The van der Waals surface area contributed by atoms with Gasteiger partial charge in [-0.05, 0) is 38.7 Å². The molecule has 0 saturated heterocycles. The van der Waals surface area contributed by atoms with Crippen LogP contribution in [0, 0.1) is 0 Å². The molecule has 0 spiro atoms. The Balaban J connectivity index is 2.27. The van der Waals surface area contributed by atoms with Gasteiger partial charge in [0.15, 0.2) is 5.83 Å². The average Bonchev–Trinajstić information content (AvgIpc) is 3.31. The summed E-state index contributed by atoms with van der Waals surface area (Å²) in [5, 5.41) is 5.51. The van der Waals surface area contributed by atoms with Crippen LogP contribution in [-0.2, 0) is 9.59 Å². The lowest BCUT2D eigenvalue weighted by atomic mass is 10.1. The van der Waals surface area contributed by atoms with Gasteiger partial charge < -0.3 is 10.6 Å². The Morgan fingerprint density at radius 2 is 1.52 bits per heavy atom. The molecule has 0 bridgehead atoms. The highest BCUT2D eigenvalue weighted by atomic mass is 19.1. The highest BCUT2D eigenvalue weighted by molar-refractivity contribution is 5.94. The van der Waals surface area contributed by atoms with Crippen molar-refractivity contribution in [3.8, 4) is 0 Å². The number of rotatable bonds is 12. The molecule has 0 unspecified atom stereocenters. The standard InChI is InChI=1S/C20H33FN2O2/c1-4-6-8-9-11-13-16(21)20(25)23-18-14-17(18)22-19(24)15(3)12-10-7-5-2/h12-13,17-18H,4-11,14H2,1-3H3,(H,22,24)(H,23,25)/b15-12+,16-13+/t17-,18+/m1/s1. The monoisotopic (exact) mass is 352 g/mol. The van der Waals surface area contributed by atoms with E-state index < -0.39 is 11.7 Å². The molecule has 1 aliphatic carbocycles. The van der Waals surface area contributed by atoms with E-state index in [4.69, 9.17) is 0 Å². The fourth-order valence-corrected chi connectivity index (χ4v) is 2.54. The predicted octanol–water partition coefficient (Wildman–Crippen LogP) is 4.32. The van der Waals surface area contributed by atoms with Crippen LogP contribution in [0.4, 0.5) is 4.39 Å².